The Kier molecular flexibility index (Phi) is 5.18. The zero-order valence-electron chi connectivity index (χ0n) is 9.22. The summed E-state index contributed by atoms with van der Waals surface area (Å²) in [5.41, 5.74) is 0.861. The smallest absolute Gasteiger partial charge is 0.294 e. The molecule has 1 aromatic carbocycles. The summed E-state index contributed by atoms with van der Waals surface area (Å²) in [7, 11) is 0. The Balaban J connectivity index is 2.87. The zero-order chi connectivity index (χ0) is 12.7. The van der Waals surface area contributed by atoms with E-state index < -0.39 is 4.92 Å². The summed E-state index contributed by atoms with van der Waals surface area (Å²) in [5.74, 6) is 0. The van der Waals surface area contributed by atoms with Gasteiger partial charge in [-0.3, -0.25) is 10.1 Å². The van der Waals surface area contributed by atoms with Crippen molar-refractivity contribution in [3.8, 4) is 0 Å². The van der Waals surface area contributed by atoms with Gasteiger partial charge in [0.2, 0.25) is 0 Å². The molecule has 0 aromatic heterocycles. The van der Waals surface area contributed by atoms with Crippen molar-refractivity contribution in [1.82, 2.24) is 0 Å². The number of rotatable bonds is 7. The van der Waals surface area contributed by atoms with Crippen molar-refractivity contribution in [2.75, 3.05) is 36.9 Å². The zero-order valence-corrected chi connectivity index (χ0v) is 9.22. The van der Waals surface area contributed by atoms with Crippen LogP contribution in [0, 0.1) is 10.1 Å². The number of nitrogens with zero attached hydrogens (tertiary/aromatic N) is 1. The fraction of sp³-hybridized carbons (Fsp3) is 0.400. The van der Waals surface area contributed by atoms with Gasteiger partial charge in [0, 0.05) is 24.8 Å². The summed E-state index contributed by atoms with van der Waals surface area (Å²) < 4.78 is 0. The van der Waals surface area contributed by atoms with Crippen LogP contribution in [0.15, 0.2) is 18.2 Å². The van der Waals surface area contributed by atoms with Crippen LogP contribution in [0.2, 0.25) is 0 Å². The topological polar surface area (TPSA) is 108 Å². The van der Waals surface area contributed by atoms with Crippen LogP contribution in [-0.4, -0.2) is 41.4 Å². The van der Waals surface area contributed by atoms with Gasteiger partial charge in [0.25, 0.3) is 5.69 Å². The lowest BCUT2D eigenvalue weighted by molar-refractivity contribution is -0.383. The molecule has 17 heavy (non-hydrogen) atoms. The van der Waals surface area contributed by atoms with Crippen LogP contribution in [0.25, 0.3) is 0 Å². The maximum Gasteiger partial charge on any atom is 0.294 e. The van der Waals surface area contributed by atoms with E-state index in [1.807, 2.05) is 0 Å². The lowest BCUT2D eigenvalue weighted by Crippen LogP contribution is -2.09. The van der Waals surface area contributed by atoms with Gasteiger partial charge in [0.05, 0.1) is 18.1 Å². The van der Waals surface area contributed by atoms with Gasteiger partial charge in [-0.15, -0.1) is 0 Å². The summed E-state index contributed by atoms with van der Waals surface area (Å²) in [6.45, 7) is 0.449. The first-order valence-corrected chi connectivity index (χ1v) is 5.17. The minimum Gasteiger partial charge on any atom is -0.395 e. The number of anilines is 2. The second kappa shape index (κ2) is 6.66. The van der Waals surface area contributed by atoms with Crippen molar-refractivity contribution in [2.24, 2.45) is 0 Å². The van der Waals surface area contributed by atoms with Crippen molar-refractivity contribution in [3.05, 3.63) is 28.3 Å². The van der Waals surface area contributed by atoms with Crippen LogP contribution in [0.1, 0.15) is 0 Å². The van der Waals surface area contributed by atoms with Gasteiger partial charge in [-0.2, -0.15) is 0 Å². The highest BCUT2D eigenvalue weighted by Crippen LogP contribution is 2.27. The molecule has 0 bridgehead atoms. The molecule has 1 aromatic rings. The van der Waals surface area contributed by atoms with Crippen molar-refractivity contribution in [1.29, 1.82) is 0 Å². The summed E-state index contributed by atoms with van der Waals surface area (Å²) >= 11 is 0. The third-order valence-corrected chi connectivity index (χ3v) is 2.06. The molecular formula is C10H15N3O4. The highest BCUT2D eigenvalue weighted by atomic mass is 16.6. The molecule has 0 aliphatic rings. The van der Waals surface area contributed by atoms with Gasteiger partial charge >= 0.3 is 0 Å². The first-order chi connectivity index (χ1) is 8.19. The van der Waals surface area contributed by atoms with E-state index >= 15 is 0 Å². The average molecular weight is 241 g/mol. The van der Waals surface area contributed by atoms with Crippen LogP contribution >= 0.6 is 0 Å². The molecular weight excluding hydrogens is 226 g/mol. The van der Waals surface area contributed by atoms with E-state index in [0.29, 0.717) is 17.9 Å². The molecule has 0 amide bonds. The van der Waals surface area contributed by atoms with Gasteiger partial charge in [-0.25, -0.2) is 0 Å². The molecule has 4 N–H and O–H groups in total. The van der Waals surface area contributed by atoms with Gasteiger partial charge in [0.1, 0.15) is 5.69 Å². The number of nitro groups is 1. The lowest BCUT2D eigenvalue weighted by Gasteiger charge is -2.08. The van der Waals surface area contributed by atoms with Gasteiger partial charge in [-0.05, 0) is 12.1 Å². The molecule has 0 aliphatic carbocycles. The lowest BCUT2D eigenvalue weighted by atomic mass is 10.2. The quantitative estimate of drug-likeness (QED) is 0.406. The minimum absolute atomic E-state index is 0.0433. The van der Waals surface area contributed by atoms with Crippen LogP contribution in [0.5, 0.6) is 0 Å². The molecule has 94 valence electrons. The Labute approximate surface area is 98.2 Å². The maximum atomic E-state index is 10.8. The molecule has 0 fully saturated rings. The number of benzene rings is 1. The molecule has 7 nitrogen and oxygen atoms in total. The van der Waals surface area contributed by atoms with E-state index in [2.05, 4.69) is 10.6 Å². The number of aliphatic hydroxyl groups excluding tert-OH is 2. The van der Waals surface area contributed by atoms with Crippen LogP contribution < -0.4 is 10.6 Å². The first kappa shape index (κ1) is 13.2. The van der Waals surface area contributed by atoms with E-state index in [9.17, 15) is 10.1 Å². The number of aliphatic hydroxyl groups is 2. The van der Waals surface area contributed by atoms with E-state index in [-0.39, 0.29) is 25.4 Å². The predicted molar refractivity (Wildman–Crippen MR) is 64.2 cm³/mol. The fourth-order valence-corrected chi connectivity index (χ4v) is 1.33. The highest BCUT2D eigenvalue weighted by Gasteiger charge is 2.13. The molecule has 0 radical (unpaired) electrons. The molecule has 7 heteroatoms. The van der Waals surface area contributed by atoms with Gasteiger partial charge < -0.3 is 20.8 Å². The van der Waals surface area contributed by atoms with Crippen LogP contribution in [0.4, 0.5) is 17.1 Å². The Hall–Kier alpha value is -1.86. The number of nitrogens with one attached hydrogen (secondary N) is 2. The van der Waals surface area contributed by atoms with Crippen LogP contribution in [-0.2, 0) is 0 Å². The molecule has 0 atom stereocenters. The number of hydrogen-bond donors (Lipinski definition) is 4. The molecule has 0 unspecified atom stereocenters. The predicted octanol–water partition coefficient (Wildman–Crippen LogP) is 0.403. The standard InChI is InChI=1S/C10H15N3O4/c14-5-3-11-8-1-2-9(12-4-6-15)10(7-8)13(16)17/h1-2,7,11-12,14-15H,3-6H2. The van der Waals surface area contributed by atoms with E-state index in [1.54, 1.807) is 12.1 Å². The fourth-order valence-electron chi connectivity index (χ4n) is 1.33. The van der Waals surface area contributed by atoms with E-state index in [1.165, 1.54) is 6.07 Å². The Morgan fingerprint density at radius 3 is 2.41 bits per heavy atom. The highest BCUT2D eigenvalue weighted by molar-refractivity contribution is 5.67. The van der Waals surface area contributed by atoms with E-state index in [4.69, 9.17) is 10.2 Å². The van der Waals surface area contributed by atoms with Crippen molar-refractivity contribution >= 4 is 17.1 Å². The molecule has 0 spiro atoms. The second-order valence-electron chi connectivity index (χ2n) is 3.29. The molecule has 0 saturated heterocycles. The van der Waals surface area contributed by atoms with E-state index in [0.717, 1.165) is 0 Å². The minimum atomic E-state index is -0.496. The Morgan fingerprint density at radius 2 is 1.82 bits per heavy atom. The molecule has 0 aliphatic heterocycles. The second-order valence-corrected chi connectivity index (χ2v) is 3.29. The molecule has 1 rings (SSSR count). The maximum absolute atomic E-state index is 10.8. The normalized spacial score (nSPS) is 10.0. The van der Waals surface area contributed by atoms with Crippen molar-refractivity contribution in [3.63, 3.8) is 0 Å². The van der Waals surface area contributed by atoms with Gasteiger partial charge in [-0.1, -0.05) is 0 Å². The number of nitro benzene ring substituents is 1. The van der Waals surface area contributed by atoms with Gasteiger partial charge in [0.15, 0.2) is 0 Å². The largest absolute Gasteiger partial charge is 0.395 e. The summed E-state index contributed by atoms with van der Waals surface area (Å²) in [6, 6.07) is 4.62. The average Bonchev–Trinajstić information content (AvgIpc) is 2.34. The first-order valence-electron chi connectivity index (χ1n) is 5.17. The monoisotopic (exact) mass is 241 g/mol. The van der Waals surface area contributed by atoms with Crippen LogP contribution in [0.3, 0.4) is 0 Å². The Morgan fingerprint density at radius 1 is 1.18 bits per heavy atom. The summed E-state index contributed by atoms with van der Waals surface area (Å²) in [4.78, 5) is 10.3. The third kappa shape index (κ3) is 3.89. The summed E-state index contributed by atoms with van der Waals surface area (Å²) in [5, 5.41) is 33.7. The summed E-state index contributed by atoms with van der Waals surface area (Å²) in [6.07, 6.45) is 0. The molecule has 0 heterocycles. The number of hydrogen-bond acceptors (Lipinski definition) is 6. The molecule has 0 saturated carbocycles. The third-order valence-electron chi connectivity index (χ3n) is 2.06. The van der Waals surface area contributed by atoms with Crippen molar-refractivity contribution in [2.45, 2.75) is 0 Å². The SMILES string of the molecule is O=[N+]([O-])c1cc(NCCO)ccc1NCCO. The van der Waals surface area contributed by atoms with Crippen molar-refractivity contribution < 1.29 is 15.1 Å². The Bertz CT molecular complexity index is 384.